The zero-order valence-electron chi connectivity index (χ0n) is 6.89. The van der Waals surface area contributed by atoms with E-state index < -0.39 is 0 Å². The number of benzene rings is 1. The highest BCUT2D eigenvalue weighted by molar-refractivity contribution is 9.10. The summed E-state index contributed by atoms with van der Waals surface area (Å²) in [5.41, 5.74) is 1.34. The zero-order chi connectivity index (χ0) is 8.27. The van der Waals surface area contributed by atoms with Gasteiger partial charge in [-0.25, -0.2) is 0 Å². The quantitative estimate of drug-likeness (QED) is 0.699. The van der Waals surface area contributed by atoms with Crippen molar-refractivity contribution in [2.45, 2.75) is 20.3 Å². The number of hydrogen-bond acceptors (Lipinski definition) is 0. The molecule has 0 nitrogen and oxygen atoms in total. The molecule has 0 spiro atoms. The summed E-state index contributed by atoms with van der Waals surface area (Å²) in [4.78, 5) is 0. The highest BCUT2D eigenvalue weighted by atomic mass is 79.9. The maximum atomic E-state index is 3.45. The van der Waals surface area contributed by atoms with E-state index in [1.165, 1.54) is 11.5 Å². The molecule has 0 aromatic heterocycles. The van der Waals surface area contributed by atoms with Crippen LogP contribution < -0.4 is 0 Å². The molecule has 0 atom stereocenters. The van der Waals surface area contributed by atoms with E-state index in [-0.39, 0.29) is 0 Å². The maximum Gasteiger partial charge on any atom is 0.0178 e. The first-order valence-corrected chi connectivity index (χ1v) is 4.61. The molecule has 0 aliphatic rings. The summed E-state index contributed by atoms with van der Waals surface area (Å²) < 4.78 is 1.16. The highest BCUT2D eigenvalue weighted by Crippen LogP contribution is 2.20. The van der Waals surface area contributed by atoms with Gasteiger partial charge in [-0.05, 0) is 24.1 Å². The molecule has 0 bridgehead atoms. The van der Waals surface area contributed by atoms with Crippen molar-refractivity contribution in [2.75, 3.05) is 0 Å². The van der Waals surface area contributed by atoms with E-state index in [0.29, 0.717) is 0 Å². The van der Waals surface area contributed by atoms with Crippen molar-refractivity contribution in [3.63, 3.8) is 0 Å². The SMILES string of the molecule is CC[C](C)c1cccc(Br)c1. The zero-order valence-corrected chi connectivity index (χ0v) is 8.48. The van der Waals surface area contributed by atoms with Gasteiger partial charge in [0.25, 0.3) is 0 Å². The molecule has 1 heteroatoms. The Hall–Kier alpha value is -0.300. The van der Waals surface area contributed by atoms with E-state index >= 15 is 0 Å². The number of halogens is 1. The second-order valence-corrected chi connectivity index (χ2v) is 3.56. The summed E-state index contributed by atoms with van der Waals surface area (Å²) in [6.45, 7) is 4.35. The molecule has 59 valence electrons. The summed E-state index contributed by atoms with van der Waals surface area (Å²) in [6.07, 6.45) is 1.12. The number of rotatable bonds is 2. The standard InChI is InChI=1S/C10H12Br/c1-3-8(2)9-5-4-6-10(11)7-9/h4-7H,3H2,1-2H3. The highest BCUT2D eigenvalue weighted by Gasteiger charge is 2.02. The minimum Gasteiger partial charge on any atom is -0.0645 e. The summed E-state index contributed by atoms with van der Waals surface area (Å²) in [7, 11) is 0. The fourth-order valence-corrected chi connectivity index (χ4v) is 1.36. The largest absolute Gasteiger partial charge is 0.0645 e. The first-order chi connectivity index (χ1) is 5.24. The lowest BCUT2D eigenvalue weighted by Gasteiger charge is -2.07. The summed E-state index contributed by atoms with van der Waals surface area (Å²) in [5, 5.41) is 0. The predicted molar refractivity (Wildman–Crippen MR) is 52.5 cm³/mol. The van der Waals surface area contributed by atoms with Crippen molar-refractivity contribution in [2.24, 2.45) is 0 Å². The molecule has 0 fully saturated rings. The van der Waals surface area contributed by atoms with Gasteiger partial charge in [0.1, 0.15) is 0 Å². The third-order valence-electron chi connectivity index (χ3n) is 1.85. The average Bonchev–Trinajstić information content (AvgIpc) is 2.03. The van der Waals surface area contributed by atoms with Gasteiger partial charge in [-0.2, -0.15) is 0 Å². The van der Waals surface area contributed by atoms with Gasteiger partial charge in [-0.1, -0.05) is 41.9 Å². The first kappa shape index (κ1) is 8.79. The van der Waals surface area contributed by atoms with E-state index in [9.17, 15) is 0 Å². The van der Waals surface area contributed by atoms with Crippen LogP contribution in [0.2, 0.25) is 0 Å². The molecule has 1 aromatic carbocycles. The summed E-state index contributed by atoms with van der Waals surface area (Å²) in [5.74, 6) is 1.44. The summed E-state index contributed by atoms with van der Waals surface area (Å²) >= 11 is 3.45. The van der Waals surface area contributed by atoms with Crippen LogP contribution in [0.15, 0.2) is 28.7 Å². The van der Waals surface area contributed by atoms with Crippen LogP contribution >= 0.6 is 15.9 Å². The Kier molecular flexibility index (Phi) is 3.13. The van der Waals surface area contributed by atoms with Gasteiger partial charge in [-0.3, -0.25) is 0 Å². The topological polar surface area (TPSA) is 0 Å². The van der Waals surface area contributed by atoms with Crippen LogP contribution in [0.3, 0.4) is 0 Å². The smallest absolute Gasteiger partial charge is 0.0178 e. The monoisotopic (exact) mass is 211 g/mol. The third kappa shape index (κ3) is 2.33. The fourth-order valence-electron chi connectivity index (χ4n) is 0.958. The normalized spacial score (nSPS) is 10.5. The van der Waals surface area contributed by atoms with E-state index in [1.54, 1.807) is 0 Å². The molecule has 0 heterocycles. The Morgan fingerprint density at radius 3 is 2.73 bits per heavy atom. The van der Waals surface area contributed by atoms with Crippen molar-refractivity contribution < 1.29 is 0 Å². The molecule has 0 saturated carbocycles. The minimum absolute atomic E-state index is 1.12. The molecule has 11 heavy (non-hydrogen) atoms. The summed E-state index contributed by atoms with van der Waals surface area (Å²) in [6, 6.07) is 8.41. The van der Waals surface area contributed by atoms with E-state index in [2.05, 4.69) is 48.0 Å². The lowest BCUT2D eigenvalue weighted by molar-refractivity contribution is 0.957. The molecule has 1 rings (SSSR count). The molecule has 0 saturated heterocycles. The van der Waals surface area contributed by atoms with Crippen molar-refractivity contribution in [3.05, 3.63) is 40.2 Å². The Labute approximate surface area is 76.8 Å². The van der Waals surface area contributed by atoms with Gasteiger partial charge in [0.15, 0.2) is 0 Å². The van der Waals surface area contributed by atoms with E-state index in [1.807, 2.05) is 6.07 Å². The Balaban J connectivity index is 2.86. The third-order valence-corrected chi connectivity index (χ3v) is 2.34. The second-order valence-electron chi connectivity index (χ2n) is 2.64. The molecule has 1 radical (unpaired) electrons. The van der Waals surface area contributed by atoms with Gasteiger partial charge >= 0.3 is 0 Å². The molecule has 1 aromatic rings. The van der Waals surface area contributed by atoms with Crippen molar-refractivity contribution in [3.8, 4) is 0 Å². The lowest BCUT2D eigenvalue weighted by Crippen LogP contribution is -1.90. The molecular weight excluding hydrogens is 200 g/mol. The van der Waals surface area contributed by atoms with Crippen LogP contribution in [0.4, 0.5) is 0 Å². The Bertz CT molecular complexity index is 230. The molecule has 0 unspecified atom stereocenters. The van der Waals surface area contributed by atoms with Gasteiger partial charge in [0.2, 0.25) is 0 Å². The van der Waals surface area contributed by atoms with Gasteiger partial charge in [0, 0.05) is 10.4 Å². The fraction of sp³-hybridized carbons (Fsp3) is 0.300. The Morgan fingerprint density at radius 1 is 1.45 bits per heavy atom. The molecular formula is C10H12Br. The van der Waals surface area contributed by atoms with Crippen LogP contribution in [-0.4, -0.2) is 0 Å². The molecule has 0 amide bonds. The predicted octanol–water partition coefficient (Wildman–Crippen LogP) is 3.80. The van der Waals surface area contributed by atoms with Gasteiger partial charge in [0.05, 0.1) is 0 Å². The second kappa shape index (κ2) is 3.91. The van der Waals surface area contributed by atoms with E-state index in [4.69, 9.17) is 0 Å². The van der Waals surface area contributed by atoms with Crippen molar-refractivity contribution in [1.29, 1.82) is 0 Å². The van der Waals surface area contributed by atoms with E-state index in [0.717, 1.165) is 10.9 Å². The van der Waals surface area contributed by atoms with Crippen molar-refractivity contribution >= 4 is 15.9 Å². The molecule has 0 N–H and O–H groups in total. The van der Waals surface area contributed by atoms with Crippen LogP contribution in [0.25, 0.3) is 0 Å². The number of hydrogen-bond donors (Lipinski definition) is 0. The van der Waals surface area contributed by atoms with Crippen LogP contribution in [0.5, 0.6) is 0 Å². The first-order valence-electron chi connectivity index (χ1n) is 3.82. The van der Waals surface area contributed by atoms with Crippen LogP contribution in [0, 0.1) is 5.92 Å². The maximum absolute atomic E-state index is 3.45. The van der Waals surface area contributed by atoms with Crippen LogP contribution in [0.1, 0.15) is 25.8 Å². The van der Waals surface area contributed by atoms with Gasteiger partial charge < -0.3 is 0 Å². The van der Waals surface area contributed by atoms with Crippen molar-refractivity contribution in [1.82, 2.24) is 0 Å². The van der Waals surface area contributed by atoms with Crippen LogP contribution in [-0.2, 0) is 0 Å². The average molecular weight is 212 g/mol. The van der Waals surface area contributed by atoms with Gasteiger partial charge in [-0.15, -0.1) is 0 Å². The minimum atomic E-state index is 1.12. The molecule has 0 aliphatic heterocycles. The lowest BCUT2D eigenvalue weighted by atomic mass is 9.99. The Morgan fingerprint density at radius 2 is 2.18 bits per heavy atom. The molecule has 0 aliphatic carbocycles.